The van der Waals surface area contributed by atoms with Crippen molar-refractivity contribution in [1.82, 2.24) is 10.1 Å². The highest BCUT2D eigenvalue weighted by Crippen LogP contribution is 2.54. The zero-order chi connectivity index (χ0) is 14.9. The van der Waals surface area contributed by atoms with Crippen LogP contribution in [0.2, 0.25) is 5.02 Å². The molecule has 6 rings (SSSR count). The molecule has 1 aliphatic carbocycles. The molecule has 1 atom stereocenters. The van der Waals surface area contributed by atoms with E-state index in [9.17, 15) is 4.39 Å². The van der Waals surface area contributed by atoms with Crippen LogP contribution < -0.4 is 5.32 Å². The summed E-state index contributed by atoms with van der Waals surface area (Å²) in [7, 11) is 0. The largest absolute Gasteiger partial charge is 0.362 e. The average Bonchev–Trinajstić information content (AvgIpc) is 3.21. The second-order valence-electron chi connectivity index (χ2n) is 6.82. The van der Waals surface area contributed by atoms with Gasteiger partial charge in [0.2, 0.25) is 5.58 Å². The Hall–Kier alpha value is -1.33. The molecule has 1 aromatic heterocycles. The third-order valence-electron chi connectivity index (χ3n) is 5.81. The monoisotopic (exact) mass is 321 g/mol. The molecule has 1 unspecified atom stereocenters. The molecule has 1 spiro atoms. The van der Waals surface area contributed by atoms with Crippen LogP contribution in [0.15, 0.2) is 16.7 Å². The first kappa shape index (κ1) is 13.1. The fourth-order valence-corrected chi connectivity index (χ4v) is 4.67. The lowest BCUT2D eigenvalue weighted by atomic mass is 9.77. The van der Waals surface area contributed by atoms with Crippen molar-refractivity contribution in [3.8, 4) is 0 Å². The van der Waals surface area contributed by atoms with Crippen LogP contribution in [0.25, 0.3) is 11.0 Å². The predicted molar refractivity (Wildman–Crippen MR) is 82.6 cm³/mol. The number of nitrogens with one attached hydrogen (secondary N) is 1. The number of fused-ring (bicyclic) bond motifs is 3. The van der Waals surface area contributed by atoms with Crippen LogP contribution in [-0.2, 0) is 0 Å². The van der Waals surface area contributed by atoms with Crippen LogP contribution >= 0.6 is 11.6 Å². The summed E-state index contributed by atoms with van der Waals surface area (Å²) in [5.74, 6) is 0.793. The van der Waals surface area contributed by atoms with E-state index in [1.54, 1.807) is 12.1 Å². The van der Waals surface area contributed by atoms with Gasteiger partial charge in [0.1, 0.15) is 0 Å². The number of aromatic nitrogens is 1. The van der Waals surface area contributed by atoms with Crippen molar-refractivity contribution in [2.45, 2.75) is 37.3 Å². The minimum absolute atomic E-state index is 0.0664. The standard InChI is InChI=1S/C16H17ClFN3O/c17-11-2-1-10-13(12(11)18)22-20-15(10)19-14-9-3-7-21(8-4-9)16(14)5-6-16/h1-2,9,14H,3-8H2,(H,19,20). The maximum Gasteiger partial charge on any atom is 0.206 e. The van der Waals surface area contributed by atoms with Crippen LogP contribution in [0.3, 0.4) is 0 Å². The Morgan fingerprint density at radius 2 is 2.09 bits per heavy atom. The van der Waals surface area contributed by atoms with Gasteiger partial charge in [-0.2, -0.15) is 0 Å². The Bertz CT molecular complexity index is 749. The van der Waals surface area contributed by atoms with Crippen molar-refractivity contribution in [2.24, 2.45) is 5.92 Å². The van der Waals surface area contributed by atoms with E-state index in [1.165, 1.54) is 38.8 Å². The van der Waals surface area contributed by atoms with E-state index in [1.807, 2.05) is 0 Å². The fourth-order valence-electron chi connectivity index (χ4n) is 4.52. The zero-order valence-electron chi connectivity index (χ0n) is 12.1. The number of benzene rings is 1. The summed E-state index contributed by atoms with van der Waals surface area (Å²) in [6, 6.07) is 3.73. The van der Waals surface area contributed by atoms with E-state index in [-0.39, 0.29) is 10.6 Å². The molecule has 4 nitrogen and oxygen atoms in total. The van der Waals surface area contributed by atoms with Gasteiger partial charge in [-0.1, -0.05) is 16.8 Å². The molecule has 2 aromatic rings. The summed E-state index contributed by atoms with van der Waals surface area (Å²) in [4.78, 5) is 2.63. The number of hydrogen-bond acceptors (Lipinski definition) is 4. The Balaban J connectivity index is 1.53. The lowest BCUT2D eigenvalue weighted by molar-refractivity contribution is 0.0202. The van der Waals surface area contributed by atoms with E-state index in [0.29, 0.717) is 28.7 Å². The first-order valence-electron chi connectivity index (χ1n) is 7.94. The van der Waals surface area contributed by atoms with Crippen molar-refractivity contribution >= 4 is 28.4 Å². The number of hydrogen-bond donors (Lipinski definition) is 1. The van der Waals surface area contributed by atoms with Crippen molar-refractivity contribution in [3.63, 3.8) is 0 Å². The zero-order valence-corrected chi connectivity index (χ0v) is 12.9. The van der Waals surface area contributed by atoms with Gasteiger partial charge in [-0.3, -0.25) is 4.90 Å². The minimum Gasteiger partial charge on any atom is -0.362 e. The van der Waals surface area contributed by atoms with Gasteiger partial charge >= 0.3 is 0 Å². The summed E-state index contributed by atoms with van der Waals surface area (Å²) in [5.41, 5.74) is 0.443. The molecule has 4 heterocycles. The van der Waals surface area contributed by atoms with Crippen LogP contribution in [0.4, 0.5) is 10.2 Å². The summed E-state index contributed by atoms with van der Waals surface area (Å²) in [6.07, 6.45) is 4.96. The third kappa shape index (κ3) is 1.64. The maximum absolute atomic E-state index is 14.0. The Kier molecular flexibility index (Phi) is 2.60. The Labute approximate surface area is 132 Å². The number of anilines is 1. The molecule has 1 saturated carbocycles. The van der Waals surface area contributed by atoms with Crippen molar-refractivity contribution in [1.29, 1.82) is 0 Å². The van der Waals surface area contributed by atoms with Crippen molar-refractivity contribution in [2.75, 3.05) is 18.4 Å². The Morgan fingerprint density at radius 1 is 1.32 bits per heavy atom. The summed E-state index contributed by atoms with van der Waals surface area (Å²) in [5, 5.41) is 8.38. The second-order valence-corrected chi connectivity index (χ2v) is 7.23. The van der Waals surface area contributed by atoms with Gasteiger partial charge < -0.3 is 9.84 Å². The van der Waals surface area contributed by atoms with Gasteiger partial charge in [-0.15, -0.1) is 0 Å². The van der Waals surface area contributed by atoms with E-state index >= 15 is 0 Å². The van der Waals surface area contributed by atoms with Crippen LogP contribution in [0.1, 0.15) is 25.7 Å². The number of piperidine rings is 3. The van der Waals surface area contributed by atoms with Crippen molar-refractivity contribution in [3.05, 3.63) is 23.0 Å². The fraction of sp³-hybridized carbons (Fsp3) is 0.562. The van der Waals surface area contributed by atoms with E-state index < -0.39 is 5.82 Å². The molecule has 1 aromatic carbocycles. The lowest BCUT2D eigenvalue weighted by Crippen LogP contribution is -2.62. The first-order chi connectivity index (χ1) is 10.7. The number of nitrogens with zero attached hydrogens (tertiary/aromatic N) is 2. The van der Waals surface area contributed by atoms with Gasteiger partial charge in [-0.25, -0.2) is 4.39 Å². The highest BCUT2D eigenvalue weighted by molar-refractivity contribution is 6.31. The van der Waals surface area contributed by atoms with E-state index in [4.69, 9.17) is 16.1 Å². The molecule has 4 fully saturated rings. The quantitative estimate of drug-likeness (QED) is 0.916. The predicted octanol–water partition coefficient (Wildman–Crippen LogP) is 3.66. The molecule has 2 bridgehead atoms. The molecule has 3 aliphatic heterocycles. The van der Waals surface area contributed by atoms with Crippen LogP contribution in [0.5, 0.6) is 0 Å². The SMILES string of the molecule is Fc1c(Cl)ccc2c(NC3C4CCN(CC4)C34CC4)noc12. The lowest BCUT2D eigenvalue weighted by Gasteiger charge is -2.52. The highest BCUT2D eigenvalue weighted by atomic mass is 35.5. The molecule has 3 saturated heterocycles. The van der Waals surface area contributed by atoms with Crippen LogP contribution in [-0.4, -0.2) is 34.7 Å². The topological polar surface area (TPSA) is 41.3 Å². The van der Waals surface area contributed by atoms with Gasteiger partial charge in [0.25, 0.3) is 0 Å². The molecular weight excluding hydrogens is 305 g/mol. The second kappa shape index (κ2) is 4.36. The number of halogens is 2. The normalized spacial score (nSPS) is 31.8. The molecular formula is C16H17ClFN3O. The summed E-state index contributed by atoms with van der Waals surface area (Å²) in [6.45, 7) is 2.43. The van der Waals surface area contributed by atoms with E-state index in [0.717, 1.165) is 0 Å². The maximum atomic E-state index is 14.0. The van der Waals surface area contributed by atoms with Gasteiger partial charge in [-0.05, 0) is 56.8 Å². The molecule has 1 N–H and O–H groups in total. The first-order valence-corrected chi connectivity index (χ1v) is 8.32. The van der Waals surface area contributed by atoms with Gasteiger partial charge in [0, 0.05) is 11.6 Å². The van der Waals surface area contributed by atoms with Crippen LogP contribution in [0, 0.1) is 11.7 Å². The molecule has 116 valence electrons. The van der Waals surface area contributed by atoms with E-state index in [2.05, 4.69) is 15.4 Å². The summed E-state index contributed by atoms with van der Waals surface area (Å²) >= 11 is 5.81. The molecule has 0 radical (unpaired) electrons. The van der Waals surface area contributed by atoms with Crippen molar-refractivity contribution < 1.29 is 8.91 Å². The summed E-state index contributed by atoms with van der Waals surface area (Å²) < 4.78 is 19.2. The van der Waals surface area contributed by atoms with Gasteiger partial charge in [0.05, 0.1) is 10.4 Å². The highest BCUT2D eigenvalue weighted by Gasteiger charge is 2.60. The molecule has 0 amide bonds. The Morgan fingerprint density at radius 3 is 2.82 bits per heavy atom. The minimum atomic E-state index is -0.533. The molecule has 22 heavy (non-hydrogen) atoms. The molecule has 6 heteroatoms. The average molecular weight is 322 g/mol. The number of rotatable bonds is 2. The molecule has 4 aliphatic rings. The third-order valence-corrected chi connectivity index (χ3v) is 6.10. The van der Waals surface area contributed by atoms with Gasteiger partial charge in [0.15, 0.2) is 11.6 Å². The smallest absolute Gasteiger partial charge is 0.206 e.